The summed E-state index contributed by atoms with van der Waals surface area (Å²) >= 11 is 0. The molecule has 0 radical (unpaired) electrons. The molecule has 3 heterocycles. The summed E-state index contributed by atoms with van der Waals surface area (Å²) in [6, 6.07) is 6.37. The number of piperidine rings is 1. The van der Waals surface area contributed by atoms with Crippen molar-refractivity contribution in [2.24, 2.45) is 7.05 Å². The highest BCUT2D eigenvalue weighted by Gasteiger charge is 2.31. The van der Waals surface area contributed by atoms with Crippen LogP contribution in [0.4, 0.5) is 0 Å². The minimum atomic E-state index is -0.0289. The molecule has 3 rings (SSSR count). The van der Waals surface area contributed by atoms with Gasteiger partial charge in [-0.25, -0.2) is 0 Å². The smallest absolute Gasteiger partial charge is 0.220 e. The lowest BCUT2D eigenvalue weighted by atomic mass is 9.95. The molecule has 0 bridgehead atoms. The molecule has 0 aromatic carbocycles. The lowest BCUT2D eigenvalue weighted by Crippen LogP contribution is -2.48. The Kier molecular flexibility index (Phi) is 4.29. The number of hydrogen-bond donors (Lipinski definition) is 2. The minimum absolute atomic E-state index is 0.0289. The van der Waals surface area contributed by atoms with Crippen molar-refractivity contribution < 1.29 is 4.79 Å². The Morgan fingerprint density at radius 2 is 2.32 bits per heavy atom. The monoisotopic (exact) mass is 301 g/mol. The zero-order chi connectivity index (χ0) is 15.5. The molecule has 22 heavy (non-hydrogen) atoms. The SMILES string of the molecule is CCn1cccc1CN[C@@H]1CCC(=O)N[C@H]1c1ccnn1C. The van der Waals surface area contributed by atoms with Crippen LogP contribution >= 0.6 is 0 Å². The van der Waals surface area contributed by atoms with Gasteiger partial charge in [-0.1, -0.05) is 0 Å². The Morgan fingerprint density at radius 3 is 3.05 bits per heavy atom. The summed E-state index contributed by atoms with van der Waals surface area (Å²) in [5.41, 5.74) is 2.31. The molecule has 0 spiro atoms. The molecule has 0 saturated carbocycles. The van der Waals surface area contributed by atoms with Gasteiger partial charge in [0.05, 0.1) is 11.7 Å². The van der Waals surface area contributed by atoms with Gasteiger partial charge in [0, 0.05) is 50.7 Å². The summed E-state index contributed by atoms with van der Waals surface area (Å²) in [6.45, 7) is 3.91. The van der Waals surface area contributed by atoms with E-state index in [-0.39, 0.29) is 18.0 Å². The van der Waals surface area contributed by atoms with Crippen LogP contribution in [-0.4, -0.2) is 26.3 Å². The van der Waals surface area contributed by atoms with Gasteiger partial charge in [0.1, 0.15) is 0 Å². The molecule has 1 fully saturated rings. The van der Waals surface area contributed by atoms with Crippen molar-refractivity contribution in [1.82, 2.24) is 25.0 Å². The maximum Gasteiger partial charge on any atom is 0.220 e. The summed E-state index contributed by atoms with van der Waals surface area (Å²) in [5, 5.41) is 10.9. The van der Waals surface area contributed by atoms with E-state index in [4.69, 9.17) is 0 Å². The van der Waals surface area contributed by atoms with Gasteiger partial charge >= 0.3 is 0 Å². The zero-order valence-corrected chi connectivity index (χ0v) is 13.1. The van der Waals surface area contributed by atoms with Crippen LogP contribution in [0.25, 0.3) is 0 Å². The molecule has 1 aliphatic heterocycles. The predicted octanol–water partition coefficient (Wildman–Crippen LogP) is 1.35. The fourth-order valence-electron chi connectivity index (χ4n) is 3.14. The van der Waals surface area contributed by atoms with Crippen molar-refractivity contribution in [3.8, 4) is 0 Å². The summed E-state index contributed by atoms with van der Waals surface area (Å²) < 4.78 is 4.06. The molecule has 6 nitrogen and oxygen atoms in total. The van der Waals surface area contributed by atoms with Gasteiger partial charge in [-0.2, -0.15) is 5.10 Å². The highest BCUT2D eigenvalue weighted by molar-refractivity contribution is 5.77. The highest BCUT2D eigenvalue weighted by Crippen LogP contribution is 2.24. The second-order valence-electron chi connectivity index (χ2n) is 5.74. The van der Waals surface area contributed by atoms with Gasteiger partial charge in [0.2, 0.25) is 5.91 Å². The third kappa shape index (κ3) is 2.92. The average molecular weight is 301 g/mol. The number of rotatable bonds is 5. The Labute approximate surface area is 130 Å². The van der Waals surface area contributed by atoms with Crippen LogP contribution in [0.5, 0.6) is 0 Å². The largest absolute Gasteiger partial charge is 0.351 e. The lowest BCUT2D eigenvalue weighted by Gasteiger charge is -2.33. The summed E-state index contributed by atoms with van der Waals surface area (Å²) in [4.78, 5) is 11.8. The Hall–Kier alpha value is -2.08. The Morgan fingerprint density at radius 1 is 1.45 bits per heavy atom. The number of amides is 1. The molecule has 2 aromatic heterocycles. The van der Waals surface area contributed by atoms with Crippen LogP contribution in [0.3, 0.4) is 0 Å². The maximum absolute atomic E-state index is 11.8. The standard InChI is InChI=1S/C16H23N5O/c1-3-21-10-4-5-12(21)11-17-13-6-7-15(22)19-16(13)14-8-9-18-20(14)2/h4-5,8-10,13,16-17H,3,6-7,11H2,1-2H3,(H,19,22)/t13-,16-/m1/s1. The molecule has 2 aromatic rings. The van der Waals surface area contributed by atoms with Gasteiger partial charge in [0.25, 0.3) is 0 Å². The van der Waals surface area contributed by atoms with Crippen LogP contribution in [0.15, 0.2) is 30.6 Å². The Balaban J connectivity index is 1.73. The van der Waals surface area contributed by atoms with Crippen molar-refractivity contribution in [1.29, 1.82) is 0 Å². The third-order valence-electron chi connectivity index (χ3n) is 4.39. The molecular weight excluding hydrogens is 278 g/mol. The van der Waals surface area contributed by atoms with Crippen LogP contribution < -0.4 is 10.6 Å². The van der Waals surface area contributed by atoms with Gasteiger partial charge in [0.15, 0.2) is 0 Å². The first kappa shape index (κ1) is 14.8. The molecule has 6 heteroatoms. The van der Waals surface area contributed by atoms with Crippen molar-refractivity contribution in [2.45, 2.75) is 44.9 Å². The number of nitrogens with zero attached hydrogens (tertiary/aromatic N) is 3. The molecule has 118 valence electrons. The molecule has 2 atom stereocenters. The van der Waals surface area contributed by atoms with Gasteiger partial charge < -0.3 is 15.2 Å². The molecule has 0 aliphatic carbocycles. The summed E-state index contributed by atoms with van der Waals surface area (Å²) in [7, 11) is 1.91. The van der Waals surface area contributed by atoms with Gasteiger partial charge in [-0.3, -0.25) is 9.48 Å². The average Bonchev–Trinajstić information content (AvgIpc) is 3.14. The number of carbonyl (C=O) groups excluding carboxylic acids is 1. The number of aromatic nitrogens is 3. The summed E-state index contributed by atoms with van der Waals surface area (Å²) in [5.74, 6) is 0.112. The maximum atomic E-state index is 11.8. The van der Waals surface area contributed by atoms with Crippen LogP contribution in [-0.2, 0) is 24.9 Å². The van der Waals surface area contributed by atoms with Gasteiger partial charge in [-0.15, -0.1) is 0 Å². The van der Waals surface area contributed by atoms with Crippen molar-refractivity contribution in [3.05, 3.63) is 42.0 Å². The fraction of sp³-hybridized carbons (Fsp3) is 0.500. The molecule has 0 unspecified atom stereocenters. The van der Waals surface area contributed by atoms with E-state index < -0.39 is 0 Å². The van der Waals surface area contributed by atoms with Crippen LogP contribution in [0, 0.1) is 0 Å². The van der Waals surface area contributed by atoms with Crippen molar-refractivity contribution in [2.75, 3.05) is 0 Å². The first-order chi connectivity index (χ1) is 10.7. The number of nitrogens with one attached hydrogen (secondary N) is 2. The van der Waals surface area contributed by atoms with E-state index in [2.05, 4.69) is 45.6 Å². The second kappa shape index (κ2) is 6.36. The topological polar surface area (TPSA) is 63.9 Å². The molecule has 1 amide bonds. The van der Waals surface area contributed by atoms with Gasteiger partial charge in [-0.05, 0) is 31.5 Å². The number of carbonyl (C=O) groups is 1. The van der Waals surface area contributed by atoms with E-state index in [1.807, 2.05) is 17.8 Å². The predicted molar refractivity (Wildman–Crippen MR) is 84.1 cm³/mol. The van der Waals surface area contributed by atoms with Crippen molar-refractivity contribution >= 4 is 5.91 Å². The quantitative estimate of drug-likeness (QED) is 0.876. The second-order valence-corrected chi connectivity index (χ2v) is 5.74. The molecular formula is C16H23N5O. The first-order valence-corrected chi connectivity index (χ1v) is 7.83. The van der Waals surface area contributed by atoms with E-state index in [1.54, 1.807) is 6.20 Å². The van der Waals surface area contributed by atoms with Crippen LogP contribution in [0.1, 0.15) is 37.2 Å². The van der Waals surface area contributed by atoms with E-state index >= 15 is 0 Å². The molecule has 1 aliphatic rings. The molecule has 1 saturated heterocycles. The lowest BCUT2D eigenvalue weighted by molar-refractivity contribution is -0.124. The normalized spacial score (nSPS) is 21.8. The molecule has 2 N–H and O–H groups in total. The van der Waals surface area contributed by atoms with Crippen molar-refractivity contribution in [3.63, 3.8) is 0 Å². The highest BCUT2D eigenvalue weighted by atomic mass is 16.1. The number of hydrogen-bond acceptors (Lipinski definition) is 3. The van der Waals surface area contributed by atoms with E-state index in [0.717, 1.165) is 25.2 Å². The minimum Gasteiger partial charge on any atom is -0.351 e. The van der Waals surface area contributed by atoms with E-state index in [9.17, 15) is 4.79 Å². The number of aryl methyl sites for hydroxylation is 2. The zero-order valence-electron chi connectivity index (χ0n) is 13.1. The third-order valence-corrected chi connectivity index (χ3v) is 4.39. The van der Waals surface area contributed by atoms with E-state index in [1.165, 1.54) is 5.69 Å². The fourth-order valence-corrected chi connectivity index (χ4v) is 3.14. The summed E-state index contributed by atoms with van der Waals surface area (Å²) in [6.07, 6.45) is 5.28. The Bertz CT molecular complexity index is 645. The first-order valence-electron chi connectivity index (χ1n) is 7.83. The van der Waals surface area contributed by atoms with E-state index in [0.29, 0.717) is 6.42 Å². The van der Waals surface area contributed by atoms with Crippen LogP contribution in [0.2, 0.25) is 0 Å².